The molecule has 0 aliphatic carbocycles. The van der Waals surface area contributed by atoms with Crippen LogP contribution >= 0.6 is 0 Å². The van der Waals surface area contributed by atoms with E-state index in [1.807, 2.05) is 0 Å². The van der Waals surface area contributed by atoms with Crippen molar-refractivity contribution in [3.8, 4) is 22.3 Å². The standard InChI is InChI=1S/C34H44B22/c35-13-9(20(42)14(36)7-8-12(22(44)21(43)11(7)13)25(47)31(53)30(52)19(8)41)1-3-5(17(39)28(50)26(48)15(3)37)2(6-4(1)16(38)27(49)29(51)18(6)40)10-23(45)32(54)34(56)33(55)24(10)46/h35-56H2. The van der Waals surface area contributed by atoms with Gasteiger partial charge in [-0.25, -0.2) is 0 Å². The zero-order valence-electron chi connectivity index (χ0n) is 39.0. The Morgan fingerprint density at radius 3 is 0.589 bits per heavy atom. The second-order valence-corrected chi connectivity index (χ2v) is 18.2. The third-order valence-electron chi connectivity index (χ3n) is 16.4. The molecule has 7 aromatic carbocycles. The molecule has 0 saturated heterocycles. The first-order chi connectivity index (χ1) is 26.0. The fourth-order valence-electron chi connectivity index (χ4n) is 11.3. The van der Waals surface area contributed by atoms with E-state index in [2.05, 4.69) is 173 Å². The van der Waals surface area contributed by atoms with Crippen LogP contribution in [0.3, 0.4) is 0 Å². The van der Waals surface area contributed by atoms with Crippen molar-refractivity contribution < 1.29 is 0 Å². The zero-order valence-corrected chi connectivity index (χ0v) is 39.0. The van der Waals surface area contributed by atoms with Gasteiger partial charge < -0.3 is 0 Å². The molecule has 0 amide bonds. The van der Waals surface area contributed by atoms with E-state index in [1.165, 1.54) is 186 Å². The Kier molecular flexibility index (Phi) is 10.2. The van der Waals surface area contributed by atoms with E-state index in [9.17, 15) is 0 Å². The summed E-state index contributed by atoms with van der Waals surface area (Å²) in [6.45, 7) is 0. The molecule has 0 nitrogen and oxygen atoms in total. The average molecular weight is 691 g/mol. The van der Waals surface area contributed by atoms with Gasteiger partial charge >= 0.3 is 0 Å². The topological polar surface area (TPSA) is 0 Å². The van der Waals surface area contributed by atoms with Crippen LogP contribution in [0.1, 0.15) is 0 Å². The summed E-state index contributed by atoms with van der Waals surface area (Å²) in [4.78, 5) is 0. The molecule has 0 fully saturated rings. The summed E-state index contributed by atoms with van der Waals surface area (Å²) in [6.07, 6.45) is 0. The van der Waals surface area contributed by atoms with Crippen LogP contribution in [-0.2, 0) is 0 Å². The Bertz CT molecular complexity index is 2930. The molecule has 0 bridgehead atoms. The molecule has 0 heterocycles. The predicted molar refractivity (Wildman–Crippen MR) is 327 cm³/mol. The fourth-order valence-corrected chi connectivity index (χ4v) is 11.3. The molecule has 0 aromatic heterocycles. The van der Waals surface area contributed by atoms with Crippen LogP contribution in [0.25, 0.3) is 65.3 Å². The second kappa shape index (κ2) is 13.8. The molecular formula is C34H44B22. The Hall–Kier alpha value is -2.99. The van der Waals surface area contributed by atoms with Gasteiger partial charge in [-0.15, -0.1) is 49.2 Å². The summed E-state index contributed by atoms with van der Waals surface area (Å²) in [7, 11) is 52.2. The smallest absolute Gasteiger partial charge is 0.102 e. The Balaban J connectivity index is 1.91. The van der Waals surface area contributed by atoms with E-state index in [-0.39, 0.29) is 0 Å². The van der Waals surface area contributed by atoms with Gasteiger partial charge in [-0.1, -0.05) is 71.0 Å². The SMILES string of the molecule is Bc1c(B)c(B)c(-c2c3c(B)c(B)c(B)c(B)c3c(-c3c(B)c(B)c4c(c3B)c(B)c(B)c3c(B)c(B)c(B)c(B)c34)c3c(B)c(B)c(B)c(B)c23)c(B)c1B. The van der Waals surface area contributed by atoms with Crippen LogP contribution < -0.4 is 120 Å². The van der Waals surface area contributed by atoms with Crippen molar-refractivity contribution in [1.82, 2.24) is 0 Å². The first-order valence-electron chi connectivity index (χ1n) is 21.0. The van der Waals surface area contributed by atoms with Crippen LogP contribution in [0.2, 0.25) is 0 Å². The third-order valence-corrected chi connectivity index (χ3v) is 16.4. The molecule has 7 aromatic rings. The minimum atomic E-state index is 1.41. The van der Waals surface area contributed by atoms with Crippen LogP contribution in [0.4, 0.5) is 0 Å². The van der Waals surface area contributed by atoms with Gasteiger partial charge in [0.15, 0.2) is 0 Å². The molecule has 0 spiro atoms. The van der Waals surface area contributed by atoms with Gasteiger partial charge in [0, 0.05) is 0 Å². The first kappa shape index (κ1) is 41.2. The van der Waals surface area contributed by atoms with Crippen molar-refractivity contribution in [2.24, 2.45) is 0 Å². The monoisotopic (exact) mass is 695 g/mol. The highest BCUT2D eigenvalue weighted by Gasteiger charge is 2.30. The minimum Gasteiger partial charge on any atom is -0.102 e. The zero-order chi connectivity index (χ0) is 41.6. The fraction of sp³-hybridized carbons (Fsp3) is 0. The maximum Gasteiger partial charge on any atom is 0.140 e. The summed E-state index contributed by atoms with van der Waals surface area (Å²) in [5, 5.41) is 11.6. The van der Waals surface area contributed by atoms with Crippen molar-refractivity contribution in [2.75, 3.05) is 0 Å². The second-order valence-electron chi connectivity index (χ2n) is 18.2. The molecule has 246 valence electrons. The van der Waals surface area contributed by atoms with E-state index in [4.69, 9.17) is 0 Å². The third kappa shape index (κ3) is 5.17. The summed E-state index contributed by atoms with van der Waals surface area (Å²) in [5.41, 5.74) is 36.9. The van der Waals surface area contributed by atoms with Crippen molar-refractivity contribution in [3.63, 3.8) is 0 Å². The largest absolute Gasteiger partial charge is 0.140 e. The highest BCUT2D eigenvalue weighted by atomic mass is 14.3. The molecule has 0 aliphatic rings. The van der Waals surface area contributed by atoms with E-state index in [0.717, 1.165) is 0 Å². The maximum absolute atomic E-state index is 2.45. The lowest BCUT2D eigenvalue weighted by atomic mass is 9.55. The number of fused-ring (bicyclic) bond motifs is 5. The Labute approximate surface area is 356 Å². The quantitative estimate of drug-likeness (QED) is 0.0962. The van der Waals surface area contributed by atoms with Gasteiger partial charge in [0.05, 0.1) is 0 Å². The maximum atomic E-state index is 2.45. The van der Waals surface area contributed by atoms with Gasteiger partial charge in [-0.2, -0.15) is 0 Å². The van der Waals surface area contributed by atoms with Crippen molar-refractivity contribution in [3.05, 3.63) is 0 Å². The number of hydrogen-bond acceptors (Lipinski definition) is 0. The molecule has 0 unspecified atom stereocenters. The average Bonchev–Trinajstić information content (AvgIpc) is 3.17. The lowest BCUT2D eigenvalue weighted by Crippen LogP contribution is -2.55. The van der Waals surface area contributed by atoms with Crippen molar-refractivity contribution >= 4 is 336 Å². The van der Waals surface area contributed by atoms with E-state index < -0.39 is 0 Å². The highest BCUT2D eigenvalue weighted by molar-refractivity contribution is 6.77. The normalized spacial score (nSPS) is 11.7. The molecule has 0 atom stereocenters. The molecule has 0 aliphatic heterocycles. The molecule has 0 saturated carbocycles. The van der Waals surface area contributed by atoms with Crippen LogP contribution in [0.5, 0.6) is 0 Å². The predicted octanol–water partition coefficient (Wildman–Crippen LogP) is -28.7. The van der Waals surface area contributed by atoms with Gasteiger partial charge in [0.1, 0.15) is 173 Å². The summed E-state index contributed by atoms with van der Waals surface area (Å²) in [6, 6.07) is 0. The molecule has 0 radical (unpaired) electrons. The van der Waals surface area contributed by atoms with E-state index in [1.54, 1.807) is 0 Å². The van der Waals surface area contributed by atoms with E-state index >= 15 is 0 Å². The summed E-state index contributed by atoms with van der Waals surface area (Å²) < 4.78 is 0. The Morgan fingerprint density at radius 2 is 0.268 bits per heavy atom. The van der Waals surface area contributed by atoms with Crippen LogP contribution in [-0.4, -0.2) is 173 Å². The Morgan fingerprint density at radius 1 is 0.107 bits per heavy atom. The minimum absolute atomic E-state index is 1.41. The van der Waals surface area contributed by atoms with E-state index in [0.29, 0.717) is 0 Å². The highest BCUT2D eigenvalue weighted by Crippen LogP contribution is 2.39. The number of rotatable bonds is 2. The molecular weight excluding hydrogens is 646 g/mol. The van der Waals surface area contributed by atoms with Crippen LogP contribution in [0.15, 0.2) is 0 Å². The van der Waals surface area contributed by atoms with Gasteiger partial charge in [0.2, 0.25) is 0 Å². The summed E-state index contributed by atoms with van der Waals surface area (Å²) in [5.74, 6) is 0. The lowest BCUT2D eigenvalue weighted by Gasteiger charge is -2.32. The molecule has 0 N–H and O–H groups in total. The van der Waals surface area contributed by atoms with Crippen LogP contribution in [0, 0.1) is 0 Å². The van der Waals surface area contributed by atoms with Crippen molar-refractivity contribution in [1.29, 1.82) is 0 Å². The van der Waals surface area contributed by atoms with Crippen molar-refractivity contribution in [2.45, 2.75) is 0 Å². The molecule has 7 rings (SSSR count). The number of benzene rings is 7. The first-order valence-corrected chi connectivity index (χ1v) is 21.0. The molecule has 22 heteroatoms. The van der Waals surface area contributed by atoms with Gasteiger partial charge in [-0.05, 0) is 65.3 Å². The van der Waals surface area contributed by atoms with Gasteiger partial charge in [-0.3, -0.25) is 0 Å². The molecule has 56 heavy (non-hydrogen) atoms. The summed E-state index contributed by atoms with van der Waals surface area (Å²) >= 11 is 0. The lowest BCUT2D eigenvalue weighted by molar-refractivity contribution is 1.86. The van der Waals surface area contributed by atoms with Gasteiger partial charge in [0.25, 0.3) is 0 Å². The number of hydrogen-bond donors (Lipinski definition) is 0.